The first-order valence-corrected chi connectivity index (χ1v) is 8.66. The fourth-order valence-corrected chi connectivity index (χ4v) is 3.16. The Labute approximate surface area is 165 Å². The van der Waals surface area contributed by atoms with Gasteiger partial charge in [-0.15, -0.1) is 0 Å². The Morgan fingerprint density at radius 1 is 1.21 bits per heavy atom. The van der Waals surface area contributed by atoms with Gasteiger partial charge in [0.15, 0.2) is 0 Å². The minimum absolute atomic E-state index is 0.0255. The molecule has 3 aromatic rings. The molecule has 2 aromatic carbocycles. The smallest absolute Gasteiger partial charge is 0.337 e. The molecule has 0 saturated heterocycles. The van der Waals surface area contributed by atoms with Crippen LogP contribution in [0.4, 0.5) is 11.4 Å². The Kier molecular flexibility index (Phi) is 5.28. The van der Waals surface area contributed by atoms with Gasteiger partial charge in [-0.3, -0.25) is 15.1 Å². The van der Waals surface area contributed by atoms with E-state index in [9.17, 15) is 20.0 Å². The molecule has 0 fully saturated rings. The number of non-ortho nitro benzene ring substituents is 1. The first kappa shape index (κ1) is 19.3. The van der Waals surface area contributed by atoms with Crippen LogP contribution in [0.2, 0.25) is 5.02 Å². The minimum Gasteiger partial charge on any atom is -0.478 e. The third-order valence-electron chi connectivity index (χ3n) is 4.30. The number of carboxylic acids is 1. The Balaban J connectivity index is 1.99. The number of carbonyl (C=O) groups is 1. The monoisotopic (exact) mass is 397 g/mol. The van der Waals surface area contributed by atoms with Crippen LogP contribution in [-0.4, -0.2) is 26.8 Å². The van der Waals surface area contributed by atoms with Crippen molar-refractivity contribution < 1.29 is 14.8 Å². The summed E-state index contributed by atoms with van der Waals surface area (Å²) in [5.41, 5.74) is 3.70. The summed E-state index contributed by atoms with van der Waals surface area (Å²) in [4.78, 5) is 26.1. The molecule has 1 heterocycles. The second-order valence-corrected chi connectivity index (χ2v) is 6.57. The summed E-state index contributed by atoms with van der Waals surface area (Å²) in [7, 11) is 0. The maximum absolute atomic E-state index is 11.4. The van der Waals surface area contributed by atoms with Gasteiger partial charge in [-0.05, 0) is 44.2 Å². The van der Waals surface area contributed by atoms with Crippen molar-refractivity contribution in [3.05, 3.63) is 86.2 Å². The van der Waals surface area contributed by atoms with Crippen LogP contribution in [0.5, 0.6) is 0 Å². The fourth-order valence-electron chi connectivity index (χ4n) is 2.96. The summed E-state index contributed by atoms with van der Waals surface area (Å²) >= 11 is 5.96. The van der Waals surface area contributed by atoms with Crippen molar-refractivity contribution in [1.82, 2.24) is 4.57 Å². The lowest BCUT2D eigenvalue weighted by Gasteiger charge is -2.11. The number of nitro groups is 1. The van der Waals surface area contributed by atoms with Crippen LogP contribution in [0.25, 0.3) is 5.69 Å². The largest absolute Gasteiger partial charge is 0.478 e. The zero-order chi connectivity index (χ0) is 20.4. The van der Waals surface area contributed by atoms with Crippen LogP contribution in [0, 0.1) is 24.0 Å². The third kappa shape index (κ3) is 3.79. The van der Waals surface area contributed by atoms with E-state index in [0.717, 1.165) is 17.0 Å². The molecular weight excluding hydrogens is 382 g/mol. The molecule has 28 heavy (non-hydrogen) atoms. The second kappa shape index (κ2) is 7.66. The SMILES string of the molecule is Cc1cc(C=Nc2cccc([N+](=O)[O-])c2)c(C)n1-c1ccc(Cl)c(C(=O)O)c1. The lowest BCUT2D eigenvalue weighted by atomic mass is 10.2. The van der Waals surface area contributed by atoms with E-state index in [2.05, 4.69) is 4.99 Å². The van der Waals surface area contributed by atoms with Crippen LogP contribution in [-0.2, 0) is 0 Å². The van der Waals surface area contributed by atoms with E-state index >= 15 is 0 Å². The summed E-state index contributed by atoms with van der Waals surface area (Å²) < 4.78 is 1.90. The van der Waals surface area contributed by atoms with Gasteiger partial charge in [0.1, 0.15) is 0 Å². The molecule has 0 bridgehead atoms. The zero-order valence-corrected chi connectivity index (χ0v) is 15.8. The minimum atomic E-state index is -1.10. The lowest BCUT2D eigenvalue weighted by molar-refractivity contribution is -0.384. The van der Waals surface area contributed by atoms with Gasteiger partial charge in [0.05, 0.1) is 21.2 Å². The fraction of sp³-hybridized carbons (Fsp3) is 0.100. The van der Waals surface area contributed by atoms with Crippen molar-refractivity contribution >= 4 is 35.2 Å². The van der Waals surface area contributed by atoms with Gasteiger partial charge in [-0.25, -0.2) is 4.79 Å². The normalized spacial score (nSPS) is 11.1. The van der Waals surface area contributed by atoms with Gasteiger partial charge in [0.2, 0.25) is 0 Å². The van der Waals surface area contributed by atoms with Crippen LogP contribution < -0.4 is 0 Å². The van der Waals surface area contributed by atoms with Gasteiger partial charge >= 0.3 is 5.97 Å². The summed E-state index contributed by atoms with van der Waals surface area (Å²) in [5.74, 6) is -1.10. The molecule has 7 nitrogen and oxygen atoms in total. The molecule has 0 aliphatic carbocycles. The number of hydrogen-bond donors (Lipinski definition) is 1. The third-order valence-corrected chi connectivity index (χ3v) is 4.63. The van der Waals surface area contributed by atoms with Gasteiger partial charge in [-0.2, -0.15) is 0 Å². The highest BCUT2D eigenvalue weighted by Crippen LogP contribution is 2.25. The van der Waals surface area contributed by atoms with Crippen molar-refractivity contribution in [3.63, 3.8) is 0 Å². The first-order valence-electron chi connectivity index (χ1n) is 8.28. The first-order chi connectivity index (χ1) is 13.3. The average Bonchev–Trinajstić information content (AvgIpc) is 2.94. The number of nitrogens with zero attached hydrogens (tertiary/aromatic N) is 3. The predicted molar refractivity (Wildman–Crippen MR) is 108 cm³/mol. The van der Waals surface area contributed by atoms with Crippen LogP contribution in [0.15, 0.2) is 53.5 Å². The number of nitro benzene ring substituents is 1. The molecular formula is C20H16ClN3O4. The van der Waals surface area contributed by atoms with E-state index in [1.807, 2.05) is 24.5 Å². The number of aryl methyl sites for hydroxylation is 1. The Bertz CT molecular complexity index is 1120. The van der Waals surface area contributed by atoms with Crippen LogP contribution in [0.1, 0.15) is 27.3 Å². The summed E-state index contributed by atoms with van der Waals surface area (Å²) in [5, 5.41) is 20.3. The molecule has 0 amide bonds. The molecule has 3 rings (SSSR count). The van der Waals surface area contributed by atoms with Gasteiger partial charge in [-0.1, -0.05) is 17.7 Å². The maximum Gasteiger partial charge on any atom is 0.337 e. The number of aromatic nitrogens is 1. The molecule has 142 valence electrons. The molecule has 0 aliphatic rings. The highest BCUT2D eigenvalue weighted by atomic mass is 35.5. The molecule has 1 aromatic heterocycles. The molecule has 8 heteroatoms. The molecule has 0 unspecified atom stereocenters. The molecule has 1 N–H and O–H groups in total. The highest BCUT2D eigenvalue weighted by molar-refractivity contribution is 6.33. The van der Waals surface area contributed by atoms with E-state index in [-0.39, 0.29) is 16.3 Å². The summed E-state index contributed by atoms with van der Waals surface area (Å²) in [6.45, 7) is 3.78. The van der Waals surface area contributed by atoms with E-state index in [1.165, 1.54) is 18.2 Å². The number of carboxylic acid groups (broad SMARTS) is 1. The summed E-state index contributed by atoms with van der Waals surface area (Å²) in [6.07, 6.45) is 1.63. The predicted octanol–water partition coefficient (Wildman–Crippen LogP) is 5.10. The van der Waals surface area contributed by atoms with Gasteiger partial charge in [0.25, 0.3) is 5.69 Å². The number of benzene rings is 2. The van der Waals surface area contributed by atoms with Crippen molar-refractivity contribution in [3.8, 4) is 5.69 Å². The van der Waals surface area contributed by atoms with E-state index in [4.69, 9.17) is 11.6 Å². The number of aromatic carboxylic acids is 1. The zero-order valence-electron chi connectivity index (χ0n) is 15.1. The Hall–Kier alpha value is -3.45. The molecule has 0 saturated carbocycles. The average molecular weight is 398 g/mol. The standard InChI is InChI=1S/C20H16ClN3O4/c1-12-8-14(11-22-15-4-3-5-17(9-15)24(27)28)13(2)23(12)16-6-7-19(21)18(10-16)20(25)26/h3-11H,1-2H3,(H,25,26). The lowest BCUT2D eigenvalue weighted by Crippen LogP contribution is -2.03. The van der Waals surface area contributed by atoms with E-state index in [0.29, 0.717) is 11.4 Å². The van der Waals surface area contributed by atoms with E-state index in [1.54, 1.807) is 30.5 Å². The number of halogens is 1. The second-order valence-electron chi connectivity index (χ2n) is 6.17. The van der Waals surface area contributed by atoms with Crippen molar-refractivity contribution in [2.24, 2.45) is 4.99 Å². The van der Waals surface area contributed by atoms with Crippen molar-refractivity contribution in [2.45, 2.75) is 13.8 Å². The van der Waals surface area contributed by atoms with Gasteiger partial charge in [0, 0.05) is 41.0 Å². The Morgan fingerprint density at radius 3 is 2.64 bits per heavy atom. The topological polar surface area (TPSA) is 97.7 Å². The van der Waals surface area contributed by atoms with Crippen molar-refractivity contribution in [1.29, 1.82) is 0 Å². The number of rotatable bonds is 5. The maximum atomic E-state index is 11.4. The quantitative estimate of drug-likeness (QED) is 0.367. The van der Waals surface area contributed by atoms with Crippen molar-refractivity contribution in [2.75, 3.05) is 0 Å². The van der Waals surface area contributed by atoms with Gasteiger partial charge < -0.3 is 9.67 Å². The van der Waals surface area contributed by atoms with Crippen LogP contribution >= 0.6 is 11.6 Å². The molecule has 0 aliphatic heterocycles. The molecule has 0 spiro atoms. The Morgan fingerprint density at radius 2 is 1.96 bits per heavy atom. The summed E-state index contributed by atoms with van der Waals surface area (Å²) in [6, 6.07) is 12.8. The number of hydrogen-bond acceptors (Lipinski definition) is 4. The van der Waals surface area contributed by atoms with Crippen LogP contribution in [0.3, 0.4) is 0 Å². The number of aliphatic imine (C=N–C) groups is 1. The highest BCUT2D eigenvalue weighted by Gasteiger charge is 2.14. The molecule has 0 radical (unpaired) electrons. The van der Waals surface area contributed by atoms with E-state index < -0.39 is 10.9 Å². The molecule has 0 atom stereocenters.